The van der Waals surface area contributed by atoms with Crippen LogP contribution < -0.4 is 14.2 Å². The van der Waals surface area contributed by atoms with Crippen LogP contribution in [0.4, 0.5) is 0 Å². The van der Waals surface area contributed by atoms with Gasteiger partial charge < -0.3 is 18.9 Å². The van der Waals surface area contributed by atoms with Crippen LogP contribution in [-0.4, -0.2) is 37.7 Å². The number of esters is 1. The van der Waals surface area contributed by atoms with Gasteiger partial charge in [0.2, 0.25) is 0 Å². The molecule has 0 amide bonds. The van der Waals surface area contributed by atoms with Crippen molar-refractivity contribution in [2.24, 2.45) is 5.92 Å². The van der Waals surface area contributed by atoms with Gasteiger partial charge in [0.05, 0.1) is 20.6 Å². The lowest BCUT2D eigenvalue weighted by molar-refractivity contribution is -0.189. The average Bonchev–Trinajstić information content (AvgIpc) is 3.37. The highest BCUT2D eigenvalue weighted by Gasteiger charge is 2.52. The third-order valence-electron chi connectivity index (χ3n) is 6.74. The zero-order valence-corrected chi connectivity index (χ0v) is 19.7. The predicted molar refractivity (Wildman–Crippen MR) is 124 cm³/mol. The second kappa shape index (κ2) is 10.0. The lowest BCUT2D eigenvalue weighted by Gasteiger charge is -2.42. The molecule has 7 heteroatoms. The molecule has 176 valence electrons. The van der Waals surface area contributed by atoms with Crippen molar-refractivity contribution < 1.29 is 28.5 Å². The monoisotopic (exact) mass is 472 g/mol. The molecule has 1 heterocycles. The number of ether oxygens (including phenoxy) is 4. The highest BCUT2D eigenvalue weighted by molar-refractivity contribution is 6.30. The summed E-state index contributed by atoms with van der Waals surface area (Å²) in [5.41, 5.74) is 0.227. The maximum atomic E-state index is 13.2. The Bertz CT molecular complexity index is 978. The number of carbonyl (C=O) groups excluding carboxylic acids is 2. The number of benzene rings is 2. The molecule has 1 saturated heterocycles. The molecule has 1 saturated carbocycles. The molecule has 2 aromatic carbocycles. The molecule has 6 nitrogen and oxygen atoms in total. The second-order valence-corrected chi connectivity index (χ2v) is 9.19. The fraction of sp³-hybridized carbons (Fsp3) is 0.462. The Morgan fingerprint density at radius 3 is 2.33 bits per heavy atom. The van der Waals surface area contributed by atoms with Crippen LogP contribution in [0.2, 0.25) is 5.02 Å². The summed E-state index contributed by atoms with van der Waals surface area (Å²) in [6.07, 6.45) is 4.21. The highest BCUT2D eigenvalue weighted by atomic mass is 35.5. The van der Waals surface area contributed by atoms with Crippen molar-refractivity contribution >= 4 is 23.4 Å². The molecule has 0 radical (unpaired) electrons. The van der Waals surface area contributed by atoms with Crippen LogP contribution in [0.25, 0.3) is 0 Å². The number of halogens is 1. The number of cyclic esters (lactones) is 1. The fourth-order valence-corrected chi connectivity index (χ4v) is 5.11. The minimum absolute atomic E-state index is 0.162. The molecule has 2 fully saturated rings. The highest BCUT2D eigenvalue weighted by Crippen LogP contribution is 2.44. The van der Waals surface area contributed by atoms with Crippen molar-refractivity contribution in [3.05, 3.63) is 53.1 Å². The van der Waals surface area contributed by atoms with E-state index >= 15 is 0 Å². The van der Waals surface area contributed by atoms with Gasteiger partial charge in [0, 0.05) is 5.02 Å². The van der Waals surface area contributed by atoms with E-state index in [1.54, 1.807) is 38.5 Å². The number of carbonyl (C=O) groups is 2. The molecule has 1 aliphatic carbocycles. The first-order valence-corrected chi connectivity index (χ1v) is 11.7. The zero-order valence-electron chi connectivity index (χ0n) is 19.0. The number of methoxy groups -OCH3 is 2. The Hall–Kier alpha value is -2.73. The van der Waals surface area contributed by atoms with E-state index < -0.39 is 17.7 Å². The lowest BCUT2D eigenvalue weighted by Crippen LogP contribution is -2.55. The molecule has 2 aromatic rings. The van der Waals surface area contributed by atoms with Crippen LogP contribution in [0.15, 0.2) is 42.5 Å². The summed E-state index contributed by atoms with van der Waals surface area (Å²) < 4.78 is 22.5. The predicted octanol–water partition coefficient (Wildman–Crippen LogP) is 5.18. The maximum Gasteiger partial charge on any atom is 0.355 e. The van der Waals surface area contributed by atoms with Gasteiger partial charge in [-0.15, -0.1) is 0 Å². The van der Waals surface area contributed by atoms with Crippen LogP contribution in [0, 0.1) is 5.92 Å². The van der Waals surface area contributed by atoms with Crippen LogP contribution in [0.5, 0.6) is 17.2 Å². The summed E-state index contributed by atoms with van der Waals surface area (Å²) in [6.45, 7) is 0. The topological polar surface area (TPSA) is 71.1 Å². The maximum absolute atomic E-state index is 13.2. The van der Waals surface area contributed by atoms with E-state index in [-0.39, 0.29) is 18.1 Å². The van der Waals surface area contributed by atoms with Gasteiger partial charge in [0.1, 0.15) is 11.4 Å². The van der Waals surface area contributed by atoms with E-state index in [4.69, 9.17) is 30.5 Å². The molecule has 0 bridgehead atoms. The van der Waals surface area contributed by atoms with Gasteiger partial charge in [-0.25, -0.2) is 4.79 Å². The smallest absolute Gasteiger partial charge is 0.355 e. The van der Waals surface area contributed by atoms with Gasteiger partial charge in [-0.1, -0.05) is 30.5 Å². The number of hydrogen-bond donors (Lipinski definition) is 0. The molecule has 2 aliphatic rings. The van der Waals surface area contributed by atoms with Crippen molar-refractivity contribution in [1.29, 1.82) is 0 Å². The molecular weight excluding hydrogens is 444 g/mol. The second-order valence-electron chi connectivity index (χ2n) is 8.75. The summed E-state index contributed by atoms with van der Waals surface area (Å²) in [4.78, 5) is 26.2. The summed E-state index contributed by atoms with van der Waals surface area (Å²) in [5.74, 6) is 1.04. The normalized spacial score (nSPS) is 23.3. The van der Waals surface area contributed by atoms with E-state index in [1.165, 1.54) is 0 Å². The number of ketones is 1. The van der Waals surface area contributed by atoms with E-state index in [0.717, 1.165) is 31.2 Å². The SMILES string of the molecule is COc1ccc(CCC2(C3CCCC3)CC(=O)C(Oc3ccc(Cl)cc3)C(=O)O2)cc1OC. The Labute approximate surface area is 199 Å². The zero-order chi connectivity index (χ0) is 23.4. The average molecular weight is 473 g/mol. The minimum Gasteiger partial charge on any atom is -0.493 e. The minimum atomic E-state index is -1.25. The molecular formula is C26H29ClO6. The van der Waals surface area contributed by atoms with Crippen molar-refractivity contribution in [3.63, 3.8) is 0 Å². The Kier molecular flexibility index (Phi) is 7.13. The quantitative estimate of drug-likeness (QED) is 0.389. The van der Waals surface area contributed by atoms with Crippen LogP contribution in [-0.2, 0) is 20.7 Å². The third kappa shape index (κ3) is 5.11. The molecule has 2 atom stereocenters. The van der Waals surface area contributed by atoms with Crippen molar-refractivity contribution in [2.45, 2.75) is 56.7 Å². The van der Waals surface area contributed by atoms with Gasteiger partial charge in [-0.05, 0) is 73.6 Å². The Balaban J connectivity index is 1.52. The molecule has 0 spiro atoms. The summed E-state index contributed by atoms with van der Waals surface area (Å²) in [6, 6.07) is 12.4. The molecule has 0 aromatic heterocycles. The molecule has 33 heavy (non-hydrogen) atoms. The molecule has 2 unspecified atom stereocenters. The van der Waals surface area contributed by atoms with E-state index in [1.807, 2.05) is 18.2 Å². The molecule has 0 N–H and O–H groups in total. The molecule has 4 rings (SSSR count). The third-order valence-corrected chi connectivity index (χ3v) is 6.99. The first kappa shape index (κ1) is 23.4. The van der Waals surface area contributed by atoms with E-state index in [9.17, 15) is 9.59 Å². The van der Waals surface area contributed by atoms with Crippen LogP contribution in [0.1, 0.15) is 44.1 Å². The summed E-state index contributed by atoms with van der Waals surface area (Å²) in [7, 11) is 3.20. The first-order valence-electron chi connectivity index (χ1n) is 11.3. The largest absolute Gasteiger partial charge is 0.493 e. The number of Topliss-reactive ketones (excluding diaryl/α,β-unsaturated/α-hetero) is 1. The standard InChI is InChI=1S/C26H29ClO6/c1-30-22-12-7-17(15-23(22)31-2)13-14-26(18-5-3-4-6-18)16-21(28)24(25(29)33-26)32-20-10-8-19(27)9-11-20/h7-12,15,18,24H,3-6,13-14,16H2,1-2H3. The lowest BCUT2D eigenvalue weighted by atomic mass is 9.75. The number of aryl methyl sites for hydroxylation is 1. The Morgan fingerprint density at radius 2 is 1.70 bits per heavy atom. The summed E-state index contributed by atoms with van der Waals surface area (Å²) in [5, 5.41) is 0.551. The first-order chi connectivity index (χ1) is 15.9. The van der Waals surface area contributed by atoms with E-state index in [2.05, 4.69) is 0 Å². The van der Waals surface area contributed by atoms with Gasteiger partial charge in [-0.2, -0.15) is 0 Å². The van der Waals surface area contributed by atoms with Crippen molar-refractivity contribution in [2.75, 3.05) is 14.2 Å². The van der Waals surface area contributed by atoms with Gasteiger partial charge in [0.25, 0.3) is 6.10 Å². The molecule has 1 aliphatic heterocycles. The van der Waals surface area contributed by atoms with Gasteiger partial charge in [-0.3, -0.25) is 4.79 Å². The summed E-state index contributed by atoms with van der Waals surface area (Å²) >= 11 is 5.91. The van der Waals surface area contributed by atoms with Crippen LogP contribution in [0.3, 0.4) is 0 Å². The van der Waals surface area contributed by atoms with Gasteiger partial charge in [0.15, 0.2) is 17.3 Å². The van der Waals surface area contributed by atoms with Crippen molar-refractivity contribution in [1.82, 2.24) is 0 Å². The Morgan fingerprint density at radius 1 is 1.00 bits per heavy atom. The number of hydrogen-bond acceptors (Lipinski definition) is 6. The van der Waals surface area contributed by atoms with E-state index in [0.29, 0.717) is 35.1 Å². The number of rotatable bonds is 8. The van der Waals surface area contributed by atoms with Gasteiger partial charge >= 0.3 is 5.97 Å². The van der Waals surface area contributed by atoms with Crippen molar-refractivity contribution in [3.8, 4) is 17.2 Å². The fourth-order valence-electron chi connectivity index (χ4n) is 4.99. The van der Waals surface area contributed by atoms with Crippen LogP contribution >= 0.6 is 11.6 Å².